The van der Waals surface area contributed by atoms with Crippen LogP contribution >= 0.6 is 0 Å². The molecule has 2 aliphatic heterocycles. The van der Waals surface area contributed by atoms with E-state index < -0.39 is 5.97 Å². The van der Waals surface area contributed by atoms with Crippen LogP contribution in [-0.4, -0.2) is 29.1 Å². The third-order valence-corrected chi connectivity index (χ3v) is 6.67. The van der Waals surface area contributed by atoms with Crippen molar-refractivity contribution >= 4 is 17.3 Å². The molecular weight excluding hydrogens is 400 g/mol. The van der Waals surface area contributed by atoms with E-state index in [4.69, 9.17) is 0 Å². The molecule has 2 atom stereocenters. The summed E-state index contributed by atoms with van der Waals surface area (Å²) in [6.45, 7) is 5.08. The first-order valence-electron chi connectivity index (χ1n) is 11.2. The Kier molecular flexibility index (Phi) is 5.53. The highest BCUT2D eigenvalue weighted by Gasteiger charge is 2.32. The predicted molar refractivity (Wildman–Crippen MR) is 126 cm³/mol. The molecule has 3 aromatic rings. The number of anilines is 2. The van der Waals surface area contributed by atoms with Gasteiger partial charge in [0.2, 0.25) is 0 Å². The van der Waals surface area contributed by atoms with Gasteiger partial charge in [-0.1, -0.05) is 30.3 Å². The van der Waals surface area contributed by atoms with Gasteiger partial charge in [0, 0.05) is 31.5 Å². The molecule has 164 valence electrons. The molecule has 0 saturated carbocycles. The van der Waals surface area contributed by atoms with E-state index in [1.54, 1.807) is 12.3 Å². The number of rotatable bonds is 6. The molecule has 6 nitrogen and oxygen atoms in total. The summed E-state index contributed by atoms with van der Waals surface area (Å²) in [5, 5.41) is 16.9. The minimum atomic E-state index is -0.962. The van der Waals surface area contributed by atoms with Gasteiger partial charge in [-0.3, -0.25) is 4.98 Å². The van der Waals surface area contributed by atoms with E-state index in [0.717, 1.165) is 19.6 Å². The van der Waals surface area contributed by atoms with E-state index in [9.17, 15) is 9.90 Å². The topological polar surface area (TPSA) is 77.5 Å². The SMILES string of the molecule is Cc1ccc(N2CCCC2)cc1C(Nc1cnccc1C(=O)O)C1NCc2ccccc21. The normalized spacial score (nSPS) is 18.4. The molecule has 0 radical (unpaired) electrons. The number of carbonyl (C=O) groups is 1. The number of benzene rings is 2. The number of hydrogen-bond acceptors (Lipinski definition) is 5. The molecule has 1 aromatic heterocycles. The number of pyridine rings is 1. The molecule has 3 N–H and O–H groups in total. The van der Waals surface area contributed by atoms with E-state index in [1.165, 1.54) is 47.0 Å². The van der Waals surface area contributed by atoms with Gasteiger partial charge in [0.15, 0.2) is 0 Å². The Hall–Kier alpha value is -3.38. The Morgan fingerprint density at radius 1 is 1.19 bits per heavy atom. The van der Waals surface area contributed by atoms with Crippen molar-refractivity contribution in [3.63, 3.8) is 0 Å². The largest absolute Gasteiger partial charge is 0.478 e. The summed E-state index contributed by atoms with van der Waals surface area (Å²) in [7, 11) is 0. The lowest BCUT2D eigenvalue weighted by Gasteiger charge is -2.30. The van der Waals surface area contributed by atoms with Crippen molar-refractivity contribution in [3.05, 3.63) is 88.7 Å². The second-order valence-electron chi connectivity index (χ2n) is 8.64. The Morgan fingerprint density at radius 3 is 2.81 bits per heavy atom. The maximum absolute atomic E-state index is 11.9. The highest BCUT2D eigenvalue weighted by atomic mass is 16.4. The lowest BCUT2D eigenvalue weighted by molar-refractivity contribution is 0.0697. The maximum Gasteiger partial charge on any atom is 0.337 e. The number of fused-ring (bicyclic) bond motifs is 1. The molecular formula is C26H28N4O2. The summed E-state index contributed by atoms with van der Waals surface area (Å²) >= 11 is 0. The number of aromatic nitrogens is 1. The van der Waals surface area contributed by atoms with Crippen LogP contribution in [0.3, 0.4) is 0 Å². The van der Waals surface area contributed by atoms with Crippen molar-refractivity contribution in [2.75, 3.05) is 23.3 Å². The zero-order chi connectivity index (χ0) is 22.1. The van der Waals surface area contributed by atoms with Crippen LogP contribution in [0.4, 0.5) is 11.4 Å². The van der Waals surface area contributed by atoms with Crippen LogP contribution in [0.5, 0.6) is 0 Å². The summed E-state index contributed by atoms with van der Waals surface area (Å²) < 4.78 is 0. The molecule has 0 aliphatic carbocycles. The van der Waals surface area contributed by atoms with E-state index in [0.29, 0.717) is 5.69 Å². The average molecular weight is 429 g/mol. The third kappa shape index (κ3) is 3.82. The van der Waals surface area contributed by atoms with Crippen LogP contribution in [0.1, 0.15) is 57.5 Å². The number of carboxylic acid groups (broad SMARTS) is 1. The van der Waals surface area contributed by atoms with E-state index >= 15 is 0 Å². The number of hydrogen-bond donors (Lipinski definition) is 3. The van der Waals surface area contributed by atoms with Crippen LogP contribution in [0.25, 0.3) is 0 Å². The van der Waals surface area contributed by atoms with Crippen molar-refractivity contribution in [1.29, 1.82) is 0 Å². The first-order chi connectivity index (χ1) is 15.6. The van der Waals surface area contributed by atoms with Crippen molar-refractivity contribution < 1.29 is 9.90 Å². The maximum atomic E-state index is 11.9. The fourth-order valence-corrected chi connectivity index (χ4v) is 4.96. The fraction of sp³-hybridized carbons (Fsp3) is 0.308. The number of aromatic carboxylic acids is 1. The van der Waals surface area contributed by atoms with Gasteiger partial charge in [0.25, 0.3) is 0 Å². The van der Waals surface area contributed by atoms with Crippen molar-refractivity contribution in [2.24, 2.45) is 0 Å². The molecule has 2 aromatic carbocycles. The van der Waals surface area contributed by atoms with Gasteiger partial charge < -0.3 is 20.6 Å². The summed E-state index contributed by atoms with van der Waals surface area (Å²) in [6, 6.07) is 16.5. The Labute approximate surface area is 188 Å². The second kappa shape index (κ2) is 8.63. The smallest absolute Gasteiger partial charge is 0.337 e. The second-order valence-corrected chi connectivity index (χ2v) is 8.64. The molecule has 3 heterocycles. The number of carboxylic acids is 1. The standard InChI is InChI=1S/C26H28N4O2/c1-17-8-9-19(30-12-4-5-13-30)14-22(17)25(24-20-7-3-2-6-18(20)15-28-24)29-23-16-27-11-10-21(23)26(31)32/h2-3,6-11,14,16,24-25,28-29H,4-5,12-13,15H2,1H3,(H,31,32). The van der Waals surface area contributed by atoms with Gasteiger partial charge in [0.05, 0.1) is 29.5 Å². The van der Waals surface area contributed by atoms with Crippen LogP contribution in [0, 0.1) is 6.92 Å². The molecule has 32 heavy (non-hydrogen) atoms. The van der Waals surface area contributed by atoms with Crippen LogP contribution in [0.2, 0.25) is 0 Å². The fourth-order valence-electron chi connectivity index (χ4n) is 4.96. The van der Waals surface area contributed by atoms with Gasteiger partial charge in [0.1, 0.15) is 0 Å². The van der Waals surface area contributed by atoms with Crippen molar-refractivity contribution in [2.45, 2.75) is 38.4 Å². The number of aryl methyl sites for hydroxylation is 1. The first kappa shape index (κ1) is 20.5. The molecule has 2 aliphatic rings. The molecule has 0 amide bonds. The van der Waals surface area contributed by atoms with E-state index in [-0.39, 0.29) is 17.6 Å². The predicted octanol–water partition coefficient (Wildman–Crippen LogP) is 4.69. The zero-order valence-corrected chi connectivity index (χ0v) is 18.2. The van der Waals surface area contributed by atoms with Crippen molar-refractivity contribution in [1.82, 2.24) is 10.3 Å². The lowest BCUT2D eigenvalue weighted by Crippen LogP contribution is -2.28. The number of nitrogens with one attached hydrogen (secondary N) is 2. The van der Waals surface area contributed by atoms with Gasteiger partial charge in [-0.2, -0.15) is 0 Å². The Morgan fingerprint density at radius 2 is 2.00 bits per heavy atom. The summed E-state index contributed by atoms with van der Waals surface area (Å²) in [4.78, 5) is 18.5. The number of nitrogens with zero attached hydrogens (tertiary/aromatic N) is 2. The highest BCUT2D eigenvalue weighted by Crippen LogP contribution is 2.40. The van der Waals surface area contributed by atoms with E-state index in [2.05, 4.69) is 69.9 Å². The molecule has 6 heteroatoms. The minimum absolute atomic E-state index is 0.0144. The van der Waals surface area contributed by atoms with Crippen LogP contribution < -0.4 is 15.5 Å². The highest BCUT2D eigenvalue weighted by molar-refractivity contribution is 5.94. The summed E-state index contributed by atoms with van der Waals surface area (Å²) in [5.41, 5.74) is 6.86. The van der Waals surface area contributed by atoms with E-state index in [1.807, 2.05) is 0 Å². The molecule has 0 spiro atoms. The Balaban J connectivity index is 1.60. The van der Waals surface area contributed by atoms with Gasteiger partial charge in [-0.05, 0) is 60.2 Å². The van der Waals surface area contributed by atoms with Crippen molar-refractivity contribution in [3.8, 4) is 0 Å². The molecule has 2 unspecified atom stereocenters. The third-order valence-electron chi connectivity index (χ3n) is 6.67. The van der Waals surface area contributed by atoms with Gasteiger partial charge >= 0.3 is 5.97 Å². The summed E-state index contributed by atoms with van der Waals surface area (Å²) in [5.74, 6) is -0.962. The molecule has 1 fully saturated rings. The first-order valence-corrected chi connectivity index (χ1v) is 11.2. The Bertz CT molecular complexity index is 1140. The van der Waals surface area contributed by atoms with Gasteiger partial charge in [-0.15, -0.1) is 0 Å². The van der Waals surface area contributed by atoms with Crippen LogP contribution in [-0.2, 0) is 6.54 Å². The minimum Gasteiger partial charge on any atom is -0.478 e. The quantitative estimate of drug-likeness (QED) is 0.529. The molecule has 0 bridgehead atoms. The average Bonchev–Trinajstić information content (AvgIpc) is 3.49. The van der Waals surface area contributed by atoms with Gasteiger partial charge in [-0.25, -0.2) is 4.79 Å². The zero-order valence-electron chi connectivity index (χ0n) is 18.2. The lowest BCUT2D eigenvalue weighted by atomic mass is 9.90. The molecule has 5 rings (SSSR count). The van der Waals surface area contributed by atoms with Crippen LogP contribution in [0.15, 0.2) is 60.9 Å². The molecule has 1 saturated heterocycles. The summed E-state index contributed by atoms with van der Waals surface area (Å²) in [6.07, 6.45) is 5.57. The monoisotopic (exact) mass is 428 g/mol.